The van der Waals surface area contributed by atoms with Gasteiger partial charge in [-0.2, -0.15) is 5.10 Å². The Bertz CT molecular complexity index is 707. The molecule has 1 fully saturated rings. The zero-order valence-corrected chi connectivity index (χ0v) is 11.7. The van der Waals surface area contributed by atoms with Gasteiger partial charge in [0.05, 0.1) is 18.0 Å². The molecule has 0 unspecified atom stereocenters. The molecule has 3 aromatic heterocycles. The van der Waals surface area contributed by atoms with Gasteiger partial charge in [-0.3, -0.25) is 4.68 Å². The number of rotatable bonds is 3. The highest BCUT2D eigenvalue weighted by atomic mass is 32.1. The van der Waals surface area contributed by atoms with Crippen molar-refractivity contribution in [3.05, 3.63) is 30.4 Å². The van der Waals surface area contributed by atoms with E-state index in [9.17, 15) is 0 Å². The van der Waals surface area contributed by atoms with Gasteiger partial charge in [-0.15, -0.1) is 11.3 Å². The summed E-state index contributed by atoms with van der Waals surface area (Å²) in [6, 6.07) is 2.54. The van der Waals surface area contributed by atoms with Gasteiger partial charge in [-0.1, -0.05) is 0 Å². The van der Waals surface area contributed by atoms with Gasteiger partial charge in [0.15, 0.2) is 0 Å². The molecule has 102 valence electrons. The molecule has 0 saturated carbocycles. The van der Waals surface area contributed by atoms with Gasteiger partial charge in [0.1, 0.15) is 29.6 Å². The molecule has 0 amide bonds. The zero-order valence-electron chi connectivity index (χ0n) is 10.9. The van der Waals surface area contributed by atoms with Crippen molar-refractivity contribution in [3.8, 4) is 0 Å². The number of hydrogen-bond acceptors (Lipinski definition) is 6. The molecule has 1 atom stereocenters. The van der Waals surface area contributed by atoms with Crippen LogP contribution in [-0.2, 0) is 6.54 Å². The molecule has 1 aliphatic heterocycles. The van der Waals surface area contributed by atoms with Crippen molar-refractivity contribution >= 4 is 27.4 Å². The average molecular weight is 286 g/mol. The van der Waals surface area contributed by atoms with E-state index in [0.717, 1.165) is 35.5 Å². The van der Waals surface area contributed by atoms with E-state index in [1.54, 1.807) is 30.3 Å². The maximum absolute atomic E-state index is 4.52. The Kier molecular flexibility index (Phi) is 2.84. The molecule has 6 nitrogen and oxygen atoms in total. The summed E-state index contributed by atoms with van der Waals surface area (Å²) in [5.41, 5.74) is 0. The molecule has 1 saturated heterocycles. The predicted octanol–water partition coefficient (Wildman–Crippen LogP) is 1.95. The molecule has 0 N–H and O–H groups in total. The summed E-state index contributed by atoms with van der Waals surface area (Å²) in [5.74, 6) is 1.05. The van der Waals surface area contributed by atoms with E-state index in [2.05, 4.69) is 36.4 Å². The zero-order chi connectivity index (χ0) is 13.4. The minimum Gasteiger partial charge on any atom is -0.351 e. The Morgan fingerprint density at radius 3 is 3.20 bits per heavy atom. The fourth-order valence-corrected chi connectivity index (χ4v) is 3.58. The highest BCUT2D eigenvalue weighted by molar-refractivity contribution is 7.16. The van der Waals surface area contributed by atoms with Gasteiger partial charge >= 0.3 is 0 Å². The maximum Gasteiger partial charge on any atom is 0.141 e. The van der Waals surface area contributed by atoms with Crippen LogP contribution in [0.4, 0.5) is 5.82 Å². The second kappa shape index (κ2) is 4.82. The first-order valence-corrected chi connectivity index (χ1v) is 7.57. The van der Waals surface area contributed by atoms with Crippen LogP contribution >= 0.6 is 11.3 Å². The summed E-state index contributed by atoms with van der Waals surface area (Å²) in [6.45, 7) is 1.90. The summed E-state index contributed by atoms with van der Waals surface area (Å²) < 4.78 is 1.90. The fourth-order valence-electron chi connectivity index (χ4n) is 2.85. The standard InChI is InChI=1S/C13H14N6S/c1-2-10(6-18-9-14-7-17-18)19(4-1)12-11-3-5-20-13(11)16-8-15-12/h3,5,7-10H,1-2,4,6H2/t10-/m1/s1. The Hall–Kier alpha value is -2.02. The van der Waals surface area contributed by atoms with Crippen LogP contribution in [0, 0.1) is 0 Å². The smallest absolute Gasteiger partial charge is 0.141 e. The molecule has 3 aromatic rings. The Balaban J connectivity index is 1.68. The molecular formula is C13H14N6S. The van der Waals surface area contributed by atoms with Crippen molar-refractivity contribution in [2.75, 3.05) is 11.4 Å². The van der Waals surface area contributed by atoms with Crippen LogP contribution in [0.15, 0.2) is 30.4 Å². The van der Waals surface area contributed by atoms with Crippen molar-refractivity contribution in [3.63, 3.8) is 0 Å². The van der Waals surface area contributed by atoms with Crippen molar-refractivity contribution < 1.29 is 0 Å². The molecule has 0 aromatic carbocycles. The number of hydrogen-bond donors (Lipinski definition) is 0. The van der Waals surface area contributed by atoms with E-state index in [1.165, 1.54) is 6.42 Å². The van der Waals surface area contributed by atoms with Crippen molar-refractivity contribution in [1.29, 1.82) is 0 Å². The summed E-state index contributed by atoms with van der Waals surface area (Å²) in [7, 11) is 0. The minimum absolute atomic E-state index is 0.426. The van der Waals surface area contributed by atoms with Gasteiger partial charge < -0.3 is 4.90 Å². The van der Waals surface area contributed by atoms with Crippen LogP contribution in [0.5, 0.6) is 0 Å². The summed E-state index contributed by atoms with van der Waals surface area (Å²) in [4.78, 5) is 16.3. The van der Waals surface area contributed by atoms with Gasteiger partial charge in [-0.25, -0.2) is 15.0 Å². The first kappa shape index (κ1) is 11.8. The summed E-state index contributed by atoms with van der Waals surface area (Å²) in [6.07, 6.45) is 7.38. The Morgan fingerprint density at radius 1 is 1.30 bits per heavy atom. The van der Waals surface area contributed by atoms with E-state index in [1.807, 2.05) is 4.68 Å². The van der Waals surface area contributed by atoms with Crippen LogP contribution in [0.25, 0.3) is 10.2 Å². The number of nitrogens with zero attached hydrogens (tertiary/aromatic N) is 6. The van der Waals surface area contributed by atoms with Gasteiger partial charge in [0.2, 0.25) is 0 Å². The summed E-state index contributed by atoms with van der Waals surface area (Å²) in [5, 5.41) is 7.44. The van der Waals surface area contributed by atoms with Crippen LogP contribution in [0.1, 0.15) is 12.8 Å². The third kappa shape index (κ3) is 1.94. The average Bonchev–Trinajstić information content (AvgIpc) is 3.19. The largest absolute Gasteiger partial charge is 0.351 e. The van der Waals surface area contributed by atoms with E-state index in [-0.39, 0.29) is 0 Å². The number of aromatic nitrogens is 5. The first-order chi connectivity index (χ1) is 9.92. The van der Waals surface area contributed by atoms with Gasteiger partial charge in [-0.05, 0) is 24.3 Å². The van der Waals surface area contributed by atoms with Crippen molar-refractivity contribution in [2.45, 2.75) is 25.4 Å². The molecule has 20 heavy (non-hydrogen) atoms. The molecular weight excluding hydrogens is 272 g/mol. The second-order valence-electron chi connectivity index (χ2n) is 4.94. The monoisotopic (exact) mass is 286 g/mol. The van der Waals surface area contributed by atoms with Crippen molar-refractivity contribution in [1.82, 2.24) is 24.7 Å². The van der Waals surface area contributed by atoms with Crippen molar-refractivity contribution in [2.24, 2.45) is 0 Å². The second-order valence-corrected chi connectivity index (χ2v) is 5.84. The first-order valence-electron chi connectivity index (χ1n) is 6.69. The number of thiophene rings is 1. The molecule has 1 aliphatic rings. The highest BCUT2D eigenvalue weighted by Gasteiger charge is 2.27. The Morgan fingerprint density at radius 2 is 2.30 bits per heavy atom. The van der Waals surface area contributed by atoms with Gasteiger partial charge in [0, 0.05) is 6.54 Å². The SMILES string of the molecule is c1nc(N2CCC[C@@H]2Cn2cncn2)c2ccsc2n1. The quantitative estimate of drug-likeness (QED) is 0.736. The normalized spacial score (nSPS) is 19.0. The molecule has 7 heteroatoms. The van der Waals surface area contributed by atoms with Gasteiger partial charge in [0.25, 0.3) is 0 Å². The minimum atomic E-state index is 0.426. The van der Waals surface area contributed by atoms with Crippen LogP contribution in [-0.4, -0.2) is 37.3 Å². The lowest BCUT2D eigenvalue weighted by atomic mass is 10.2. The van der Waals surface area contributed by atoms with E-state index < -0.39 is 0 Å². The van der Waals surface area contributed by atoms with Crippen LogP contribution < -0.4 is 4.90 Å². The molecule has 0 bridgehead atoms. The van der Waals surface area contributed by atoms with E-state index >= 15 is 0 Å². The maximum atomic E-state index is 4.52. The highest BCUT2D eigenvalue weighted by Crippen LogP contribution is 2.31. The number of fused-ring (bicyclic) bond motifs is 1. The number of anilines is 1. The topological polar surface area (TPSA) is 59.7 Å². The Labute approximate surface area is 120 Å². The van der Waals surface area contributed by atoms with E-state index in [4.69, 9.17) is 0 Å². The molecule has 4 heterocycles. The fraction of sp³-hybridized carbons (Fsp3) is 0.385. The molecule has 4 rings (SSSR count). The molecule has 0 aliphatic carbocycles. The molecule has 0 spiro atoms. The van der Waals surface area contributed by atoms with Crippen LogP contribution in [0.3, 0.4) is 0 Å². The molecule has 0 radical (unpaired) electrons. The third-order valence-electron chi connectivity index (χ3n) is 3.75. The van der Waals surface area contributed by atoms with E-state index in [0.29, 0.717) is 6.04 Å². The summed E-state index contributed by atoms with van der Waals surface area (Å²) >= 11 is 1.66. The van der Waals surface area contributed by atoms with Crippen LogP contribution in [0.2, 0.25) is 0 Å². The predicted molar refractivity (Wildman–Crippen MR) is 77.8 cm³/mol. The third-order valence-corrected chi connectivity index (χ3v) is 4.58. The lowest BCUT2D eigenvalue weighted by Gasteiger charge is -2.25. The lowest BCUT2D eigenvalue weighted by molar-refractivity contribution is 0.507. The lowest BCUT2D eigenvalue weighted by Crippen LogP contribution is -2.33.